The Morgan fingerprint density at radius 1 is 1.22 bits per heavy atom. The zero-order valence-corrected chi connectivity index (χ0v) is 17.4. The molecule has 1 heterocycles. The van der Waals surface area contributed by atoms with E-state index in [0.717, 1.165) is 37.4 Å². The van der Waals surface area contributed by atoms with Crippen LogP contribution in [-0.2, 0) is 23.2 Å². The summed E-state index contributed by atoms with van der Waals surface area (Å²) in [5, 5.41) is 17.8. The Morgan fingerprint density at radius 3 is 2.52 bits per heavy atom. The molecule has 0 radical (unpaired) electrons. The van der Waals surface area contributed by atoms with Crippen molar-refractivity contribution >= 4 is 17.7 Å². The smallest absolute Gasteiger partial charge is 0.313 e. The molecule has 0 aliphatic rings. The molecule has 0 aliphatic carbocycles. The first-order valence-corrected chi connectivity index (χ1v) is 10.4. The van der Waals surface area contributed by atoms with Gasteiger partial charge in [-0.3, -0.25) is 4.79 Å². The molecule has 1 N–H and O–H groups in total. The number of hydrogen-bond donors (Lipinski definition) is 1. The van der Waals surface area contributed by atoms with Gasteiger partial charge in [0.15, 0.2) is 5.16 Å². The Kier molecular flexibility index (Phi) is 7.71. The van der Waals surface area contributed by atoms with Gasteiger partial charge in [-0.05, 0) is 42.9 Å². The summed E-state index contributed by atoms with van der Waals surface area (Å²) in [4.78, 5) is 10.7. The molecule has 0 bridgehead atoms. The lowest BCUT2D eigenvalue weighted by molar-refractivity contribution is -0.133. The number of carboxylic acids is 1. The van der Waals surface area contributed by atoms with E-state index in [1.165, 1.54) is 17.3 Å². The van der Waals surface area contributed by atoms with E-state index in [0.29, 0.717) is 11.8 Å². The van der Waals surface area contributed by atoms with Crippen molar-refractivity contribution in [1.82, 2.24) is 14.8 Å². The van der Waals surface area contributed by atoms with Crippen LogP contribution in [0.4, 0.5) is 0 Å². The molecule has 0 spiro atoms. The molecule has 6 nitrogen and oxygen atoms in total. The SMILES string of the molecule is CCn1c(CCCOc2ccc(C(C)(C)CC)cc2)nnc1SCC(=O)O. The average molecular weight is 392 g/mol. The van der Waals surface area contributed by atoms with Gasteiger partial charge in [0.05, 0.1) is 12.4 Å². The lowest BCUT2D eigenvalue weighted by Crippen LogP contribution is -2.15. The highest BCUT2D eigenvalue weighted by Crippen LogP contribution is 2.28. The third-order valence-electron chi connectivity index (χ3n) is 4.77. The Labute approximate surface area is 165 Å². The quantitative estimate of drug-likeness (QED) is 0.457. The van der Waals surface area contributed by atoms with Crippen LogP contribution in [-0.4, -0.2) is 38.2 Å². The van der Waals surface area contributed by atoms with Crippen LogP contribution < -0.4 is 4.74 Å². The lowest BCUT2D eigenvalue weighted by atomic mass is 9.82. The largest absolute Gasteiger partial charge is 0.494 e. The van der Waals surface area contributed by atoms with Crippen LogP contribution in [0.3, 0.4) is 0 Å². The fourth-order valence-corrected chi connectivity index (χ4v) is 3.42. The predicted octanol–water partition coefficient (Wildman–Crippen LogP) is 4.17. The maximum atomic E-state index is 10.7. The highest BCUT2D eigenvalue weighted by molar-refractivity contribution is 7.99. The second-order valence-corrected chi connectivity index (χ2v) is 7.98. The fraction of sp³-hybridized carbons (Fsp3) is 0.550. The molecule has 0 amide bonds. The van der Waals surface area contributed by atoms with Gasteiger partial charge in [0.2, 0.25) is 0 Å². The minimum absolute atomic E-state index is 0.00786. The first kappa shape index (κ1) is 21.3. The van der Waals surface area contributed by atoms with Crippen molar-refractivity contribution in [2.24, 2.45) is 0 Å². The topological polar surface area (TPSA) is 77.2 Å². The summed E-state index contributed by atoms with van der Waals surface area (Å²) < 4.78 is 7.82. The molecule has 0 saturated heterocycles. The van der Waals surface area contributed by atoms with E-state index in [1.807, 2.05) is 23.6 Å². The van der Waals surface area contributed by atoms with Gasteiger partial charge in [-0.15, -0.1) is 10.2 Å². The van der Waals surface area contributed by atoms with E-state index >= 15 is 0 Å². The summed E-state index contributed by atoms with van der Waals surface area (Å²) in [5.74, 6) is 0.884. The zero-order chi connectivity index (χ0) is 19.9. The molecule has 0 unspecified atom stereocenters. The van der Waals surface area contributed by atoms with Crippen molar-refractivity contribution in [2.45, 2.75) is 64.1 Å². The fourth-order valence-electron chi connectivity index (χ4n) is 2.68. The minimum Gasteiger partial charge on any atom is -0.494 e. The van der Waals surface area contributed by atoms with Crippen LogP contribution in [0.15, 0.2) is 29.4 Å². The maximum Gasteiger partial charge on any atom is 0.313 e. The van der Waals surface area contributed by atoms with Crippen LogP contribution in [0, 0.1) is 0 Å². The third-order valence-corrected chi connectivity index (χ3v) is 5.72. The normalized spacial score (nSPS) is 11.6. The number of carbonyl (C=O) groups is 1. The second-order valence-electron chi connectivity index (χ2n) is 7.04. The van der Waals surface area contributed by atoms with Gasteiger partial charge in [-0.25, -0.2) is 0 Å². The van der Waals surface area contributed by atoms with E-state index in [2.05, 4.69) is 43.1 Å². The van der Waals surface area contributed by atoms with E-state index in [4.69, 9.17) is 9.84 Å². The summed E-state index contributed by atoms with van der Waals surface area (Å²) in [6.07, 6.45) is 2.66. The van der Waals surface area contributed by atoms with Gasteiger partial charge in [-0.1, -0.05) is 44.7 Å². The van der Waals surface area contributed by atoms with Crippen molar-refractivity contribution in [3.63, 3.8) is 0 Å². The molecule has 27 heavy (non-hydrogen) atoms. The number of hydrogen-bond acceptors (Lipinski definition) is 5. The minimum atomic E-state index is -0.853. The summed E-state index contributed by atoms with van der Waals surface area (Å²) in [5.41, 5.74) is 1.50. The van der Waals surface area contributed by atoms with Crippen molar-refractivity contribution in [3.05, 3.63) is 35.7 Å². The molecule has 0 saturated carbocycles. The van der Waals surface area contributed by atoms with E-state index < -0.39 is 5.97 Å². The monoisotopic (exact) mass is 391 g/mol. The molecule has 0 aliphatic heterocycles. The standard InChI is InChI=1S/C20H29N3O3S/c1-5-20(3,4)15-9-11-16(12-10-15)26-13-7-8-17-21-22-19(23(17)6-2)27-14-18(24)25/h9-12H,5-8,13-14H2,1-4H3,(H,24,25). The highest BCUT2D eigenvalue weighted by Gasteiger charge is 2.17. The van der Waals surface area contributed by atoms with E-state index in [9.17, 15) is 4.79 Å². The van der Waals surface area contributed by atoms with Crippen molar-refractivity contribution < 1.29 is 14.6 Å². The summed E-state index contributed by atoms with van der Waals surface area (Å²) in [6.45, 7) is 10.0. The van der Waals surface area contributed by atoms with Crippen LogP contribution in [0.25, 0.3) is 0 Å². The Morgan fingerprint density at radius 2 is 1.93 bits per heavy atom. The molecule has 148 valence electrons. The number of aromatic nitrogens is 3. The molecule has 0 atom stereocenters. The van der Waals surface area contributed by atoms with Gasteiger partial charge < -0.3 is 14.4 Å². The number of benzene rings is 1. The zero-order valence-electron chi connectivity index (χ0n) is 16.6. The van der Waals surface area contributed by atoms with E-state index in [-0.39, 0.29) is 11.2 Å². The number of aryl methyl sites for hydroxylation is 1. The van der Waals surface area contributed by atoms with Crippen molar-refractivity contribution in [2.75, 3.05) is 12.4 Å². The number of aliphatic carboxylic acids is 1. The molecule has 0 fully saturated rings. The summed E-state index contributed by atoms with van der Waals surface area (Å²) >= 11 is 1.20. The average Bonchev–Trinajstić information content (AvgIpc) is 3.05. The molecule has 1 aromatic carbocycles. The highest BCUT2D eigenvalue weighted by atomic mass is 32.2. The van der Waals surface area contributed by atoms with Gasteiger partial charge >= 0.3 is 5.97 Å². The van der Waals surface area contributed by atoms with Crippen LogP contribution in [0.5, 0.6) is 5.75 Å². The summed E-state index contributed by atoms with van der Waals surface area (Å²) in [7, 11) is 0. The second kappa shape index (κ2) is 9.78. The first-order valence-electron chi connectivity index (χ1n) is 9.37. The number of carboxylic acid groups (broad SMARTS) is 1. The Hall–Kier alpha value is -2.02. The summed E-state index contributed by atoms with van der Waals surface area (Å²) in [6, 6.07) is 8.33. The Bertz CT molecular complexity index is 741. The maximum absolute atomic E-state index is 10.7. The molecule has 7 heteroatoms. The molecular weight excluding hydrogens is 362 g/mol. The van der Waals surface area contributed by atoms with Crippen LogP contribution >= 0.6 is 11.8 Å². The molecule has 2 rings (SSSR count). The molecular formula is C20H29N3O3S. The van der Waals surface area contributed by atoms with Gasteiger partial charge in [-0.2, -0.15) is 0 Å². The predicted molar refractivity (Wildman–Crippen MR) is 108 cm³/mol. The van der Waals surface area contributed by atoms with Crippen LogP contribution in [0.2, 0.25) is 0 Å². The van der Waals surface area contributed by atoms with Gasteiger partial charge in [0.25, 0.3) is 0 Å². The van der Waals surface area contributed by atoms with Crippen molar-refractivity contribution in [3.8, 4) is 5.75 Å². The first-order chi connectivity index (χ1) is 12.9. The number of ether oxygens (including phenoxy) is 1. The van der Waals surface area contributed by atoms with Crippen LogP contribution in [0.1, 0.15) is 51.9 Å². The Balaban J connectivity index is 1.84. The van der Waals surface area contributed by atoms with Crippen molar-refractivity contribution in [1.29, 1.82) is 0 Å². The molecule has 2 aromatic rings. The van der Waals surface area contributed by atoms with Gasteiger partial charge in [0, 0.05) is 13.0 Å². The van der Waals surface area contributed by atoms with E-state index in [1.54, 1.807) is 0 Å². The number of rotatable bonds is 11. The van der Waals surface area contributed by atoms with Gasteiger partial charge in [0.1, 0.15) is 11.6 Å². The lowest BCUT2D eigenvalue weighted by Gasteiger charge is -2.23. The number of nitrogens with zero attached hydrogens (tertiary/aromatic N) is 3. The number of thioether (sulfide) groups is 1. The molecule has 1 aromatic heterocycles. The third kappa shape index (κ3) is 5.99.